The van der Waals surface area contributed by atoms with Crippen LogP contribution < -0.4 is 16.0 Å². The third-order valence-corrected chi connectivity index (χ3v) is 9.97. The summed E-state index contributed by atoms with van der Waals surface area (Å²) in [4.78, 5) is 57.9. The van der Waals surface area contributed by atoms with Crippen molar-refractivity contribution in [1.82, 2.24) is 20.9 Å². The number of nitrogens with one attached hydrogen (secondary N) is 3. The van der Waals surface area contributed by atoms with Gasteiger partial charge in [-0.25, -0.2) is 0 Å². The lowest BCUT2D eigenvalue weighted by Crippen LogP contribution is -2.53. The van der Waals surface area contributed by atoms with Gasteiger partial charge >= 0.3 is 0 Å². The summed E-state index contributed by atoms with van der Waals surface area (Å²) < 4.78 is 5.69. The van der Waals surface area contributed by atoms with E-state index in [9.17, 15) is 24.3 Å². The van der Waals surface area contributed by atoms with Gasteiger partial charge in [-0.1, -0.05) is 94.5 Å². The Balaban J connectivity index is 1.36. The van der Waals surface area contributed by atoms with Crippen LogP contribution in [0.15, 0.2) is 83.4 Å². The lowest BCUT2D eigenvalue weighted by atomic mass is 9.83. The molecule has 4 N–H and O–H groups in total. The summed E-state index contributed by atoms with van der Waals surface area (Å²) in [6.45, 7) is 5.58. The molecule has 52 heavy (non-hydrogen) atoms. The predicted octanol–water partition coefficient (Wildman–Crippen LogP) is 6.62. The van der Waals surface area contributed by atoms with E-state index < -0.39 is 35.9 Å². The predicted molar refractivity (Wildman–Crippen MR) is 200 cm³/mol. The van der Waals surface area contributed by atoms with Crippen molar-refractivity contribution in [3.05, 3.63) is 102 Å². The fraction of sp³-hybridized carbons (Fsp3) is 0.452. The van der Waals surface area contributed by atoms with Crippen LogP contribution in [-0.2, 0) is 27.3 Å². The van der Waals surface area contributed by atoms with Crippen molar-refractivity contribution in [1.29, 1.82) is 0 Å². The van der Waals surface area contributed by atoms with Gasteiger partial charge in [0.05, 0.1) is 24.2 Å². The number of carbonyl (C=O) groups excluding carboxylic acids is 4. The highest BCUT2D eigenvalue weighted by molar-refractivity contribution is 5.92. The zero-order valence-corrected chi connectivity index (χ0v) is 30.5. The van der Waals surface area contributed by atoms with E-state index in [1.807, 2.05) is 68.4 Å². The maximum atomic E-state index is 14.2. The second-order valence-corrected chi connectivity index (χ2v) is 14.6. The Kier molecular flexibility index (Phi) is 13.7. The molecule has 10 nitrogen and oxygen atoms in total. The summed E-state index contributed by atoms with van der Waals surface area (Å²) in [5.74, 6) is -1.42. The molecule has 0 unspecified atom stereocenters. The van der Waals surface area contributed by atoms with E-state index >= 15 is 0 Å². The summed E-state index contributed by atoms with van der Waals surface area (Å²) in [5, 5.41) is 22.5. The number of benzene rings is 2. The molecule has 10 heteroatoms. The van der Waals surface area contributed by atoms with E-state index in [0.717, 1.165) is 42.0 Å². The number of hydrogen-bond acceptors (Lipinski definition) is 7. The largest absolute Gasteiger partial charge is 0.455 e. The van der Waals surface area contributed by atoms with Gasteiger partial charge in [-0.15, -0.1) is 0 Å². The van der Waals surface area contributed by atoms with E-state index in [1.165, 1.54) is 19.4 Å². The minimum atomic E-state index is -1.18. The Labute approximate surface area is 306 Å². The molecule has 4 atom stereocenters. The number of carbonyl (C=O) groups is 4. The van der Waals surface area contributed by atoms with Crippen LogP contribution in [0.4, 0.5) is 0 Å². The van der Waals surface area contributed by atoms with Crippen molar-refractivity contribution in [2.75, 3.05) is 0 Å². The Morgan fingerprint density at radius 2 is 1.63 bits per heavy atom. The molecule has 0 aliphatic heterocycles. The summed E-state index contributed by atoms with van der Waals surface area (Å²) in [5.41, 5.74) is 1.64. The highest BCUT2D eigenvalue weighted by Crippen LogP contribution is 2.32. The first-order chi connectivity index (χ1) is 25.1. The van der Waals surface area contributed by atoms with E-state index in [-0.39, 0.29) is 42.1 Å². The standard InChI is InChI=1S/C42H52N4O6/c1-27(2)22-36(42(51)45-35(23-29-12-5-4-6-13-29)40(49)38-20-19-37(52-38)28(3)47)46-41(50)32(25-39(48)44-26-33-17-9-10-21-43-33)24-31-16-11-15-30-14-7-8-18-34(30)31/h7-11,14-21,27,29,32,35-36,40,49H,4-6,12-13,22-26H2,1-3H3,(H,44,48)(H,45,51)(H,46,50)/t32-,35-,36+,40+/m1/s1. The molecule has 2 aromatic carbocycles. The summed E-state index contributed by atoms with van der Waals surface area (Å²) in [7, 11) is 0. The number of amides is 3. The van der Waals surface area contributed by atoms with Crippen molar-refractivity contribution in [2.45, 2.75) is 103 Å². The molecule has 0 bridgehead atoms. The molecule has 1 aliphatic rings. The Bertz CT molecular complexity index is 1790. The lowest BCUT2D eigenvalue weighted by Gasteiger charge is -2.31. The maximum Gasteiger partial charge on any atom is 0.242 e. The average Bonchev–Trinajstić information content (AvgIpc) is 3.65. The normalized spacial score (nSPS) is 15.8. The Morgan fingerprint density at radius 1 is 0.885 bits per heavy atom. The van der Waals surface area contributed by atoms with E-state index in [4.69, 9.17) is 4.42 Å². The monoisotopic (exact) mass is 708 g/mol. The van der Waals surface area contributed by atoms with Gasteiger partial charge in [0.25, 0.3) is 0 Å². The molecule has 0 saturated heterocycles. The zero-order valence-electron chi connectivity index (χ0n) is 30.5. The zero-order chi connectivity index (χ0) is 37.0. The van der Waals surface area contributed by atoms with Crippen molar-refractivity contribution in [3.8, 4) is 0 Å². The molecule has 1 saturated carbocycles. The summed E-state index contributed by atoms with van der Waals surface area (Å²) in [6, 6.07) is 20.8. The Hall–Kier alpha value is -4.83. The van der Waals surface area contributed by atoms with E-state index in [0.29, 0.717) is 30.9 Å². The van der Waals surface area contributed by atoms with Crippen molar-refractivity contribution in [3.63, 3.8) is 0 Å². The number of aliphatic hydroxyl groups excluding tert-OH is 1. The van der Waals surface area contributed by atoms with Crippen LogP contribution in [0.25, 0.3) is 10.8 Å². The number of furan rings is 1. The van der Waals surface area contributed by atoms with Crippen molar-refractivity contribution >= 4 is 34.3 Å². The topological polar surface area (TPSA) is 151 Å². The first kappa shape index (κ1) is 38.4. The highest BCUT2D eigenvalue weighted by Gasteiger charge is 2.34. The van der Waals surface area contributed by atoms with E-state index in [1.54, 1.807) is 18.3 Å². The van der Waals surface area contributed by atoms with Gasteiger partial charge in [0, 0.05) is 19.5 Å². The third-order valence-electron chi connectivity index (χ3n) is 9.97. The third kappa shape index (κ3) is 10.8. The summed E-state index contributed by atoms with van der Waals surface area (Å²) in [6.07, 6.45) is 6.92. The van der Waals surface area contributed by atoms with Gasteiger partial charge < -0.3 is 25.5 Å². The molecule has 2 heterocycles. The number of fused-ring (bicyclic) bond motifs is 1. The number of nitrogens with zero attached hydrogens (tertiary/aromatic N) is 1. The quantitative estimate of drug-likeness (QED) is 0.0901. The number of pyridine rings is 1. The fourth-order valence-electron chi connectivity index (χ4n) is 7.21. The number of rotatable bonds is 17. The lowest BCUT2D eigenvalue weighted by molar-refractivity contribution is -0.134. The molecule has 276 valence electrons. The number of hydrogen-bond donors (Lipinski definition) is 4. The van der Waals surface area contributed by atoms with Crippen LogP contribution in [0.2, 0.25) is 0 Å². The van der Waals surface area contributed by atoms with Crippen LogP contribution in [0.5, 0.6) is 0 Å². The average molecular weight is 709 g/mol. The van der Waals surface area contributed by atoms with Crippen LogP contribution in [-0.4, -0.2) is 45.7 Å². The molecule has 3 amide bonds. The van der Waals surface area contributed by atoms with Crippen LogP contribution in [0, 0.1) is 17.8 Å². The number of aliphatic hydroxyl groups is 1. The summed E-state index contributed by atoms with van der Waals surface area (Å²) >= 11 is 0. The van der Waals surface area contributed by atoms with Crippen LogP contribution >= 0.6 is 0 Å². The second kappa shape index (κ2) is 18.6. The van der Waals surface area contributed by atoms with Gasteiger partial charge in [0.2, 0.25) is 17.7 Å². The number of Topliss-reactive ketones (excluding diaryl/α,β-unsaturated/α-hetero) is 1. The highest BCUT2D eigenvalue weighted by atomic mass is 16.4. The first-order valence-electron chi connectivity index (χ1n) is 18.6. The van der Waals surface area contributed by atoms with Gasteiger partial charge in [-0.2, -0.15) is 0 Å². The van der Waals surface area contributed by atoms with Gasteiger partial charge in [0.15, 0.2) is 11.5 Å². The first-order valence-corrected chi connectivity index (χ1v) is 18.6. The smallest absolute Gasteiger partial charge is 0.242 e. The van der Waals surface area contributed by atoms with Gasteiger partial charge in [0.1, 0.15) is 17.9 Å². The van der Waals surface area contributed by atoms with E-state index in [2.05, 4.69) is 20.9 Å². The van der Waals surface area contributed by atoms with Gasteiger partial charge in [-0.3, -0.25) is 24.2 Å². The molecular weight excluding hydrogens is 656 g/mol. The molecule has 0 spiro atoms. The second-order valence-electron chi connectivity index (χ2n) is 14.6. The molecule has 1 aliphatic carbocycles. The van der Waals surface area contributed by atoms with Crippen molar-refractivity contribution < 1.29 is 28.7 Å². The minimum absolute atomic E-state index is 0.0548. The number of aromatic nitrogens is 1. The van der Waals surface area contributed by atoms with Crippen LogP contribution in [0.3, 0.4) is 0 Å². The van der Waals surface area contributed by atoms with Gasteiger partial charge in [-0.05, 0) is 71.7 Å². The molecule has 0 radical (unpaired) electrons. The Morgan fingerprint density at radius 3 is 2.35 bits per heavy atom. The molecular formula is C42H52N4O6. The molecule has 1 fully saturated rings. The maximum absolute atomic E-state index is 14.2. The molecule has 5 rings (SSSR count). The molecule has 2 aromatic heterocycles. The van der Waals surface area contributed by atoms with Crippen molar-refractivity contribution in [2.24, 2.45) is 17.8 Å². The van der Waals surface area contributed by atoms with Crippen LogP contribution in [0.1, 0.15) is 106 Å². The fourth-order valence-corrected chi connectivity index (χ4v) is 7.21. The molecule has 4 aromatic rings. The number of ketones is 1. The minimum Gasteiger partial charge on any atom is -0.455 e. The SMILES string of the molecule is CC(=O)c1ccc([C@@H](O)[C@@H](CC2CCCCC2)NC(=O)[C@H](CC(C)C)NC(=O)[C@@H](CC(=O)NCc2ccccn2)Cc2cccc3ccccc23)o1.